The number of hydrogen-bond acceptors (Lipinski definition) is 5. The van der Waals surface area contributed by atoms with E-state index in [2.05, 4.69) is 0 Å². The van der Waals surface area contributed by atoms with Crippen LogP contribution in [0.2, 0.25) is 0 Å². The fraction of sp³-hybridized carbons (Fsp3) is 0.769. The van der Waals surface area contributed by atoms with Crippen LogP contribution >= 0.6 is 0 Å². The molecule has 8 nitrogen and oxygen atoms in total. The maximum Gasteiger partial charge on any atom is 0.308 e. The third-order valence-electron chi connectivity index (χ3n) is 4.05. The molecule has 8 heteroatoms. The first-order valence-electron chi connectivity index (χ1n) is 7.02. The van der Waals surface area contributed by atoms with Crippen LogP contribution in [0.25, 0.3) is 0 Å². The van der Waals surface area contributed by atoms with Gasteiger partial charge in [-0.1, -0.05) is 0 Å². The zero-order valence-corrected chi connectivity index (χ0v) is 11.7. The Bertz CT molecular complexity index is 421. The molecule has 0 saturated carbocycles. The fourth-order valence-corrected chi connectivity index (χ4v) is 2.81. The van der Waals surface area contributed by atoms with Crippen LogP contribution in [0.5, 0.6) is 0 Å². The highest BCUT2D eigenvalue weighted by Crippen LogP contribution is 2.24. The zero-order valence-electron chi connectivity index (χ0n) is 11.7. The highest BCUT2D eigenvalue weighted by Gasteiger charge is 2.39. The number of piperidine rings is 1. The molecule has 2 unspecified atom stereocenters. The molecule has 0 radical (unpaired) electrons. The zero-order chi connectivity index (χ0) is 15.4. The van der Waals surface area contributed by atoms with E-state index in [4.69, 9.17) is 14.9 Å². The van der Waals surface area contributed by atoms with Gasteiger partial charge in [0.15, 0.2) is 0 Å². The van der Waals surface area contributed by atoms with E-state index in [1.165, 1.54) is 0 Å². The molecule has 0 bridgehead atoms. The van der Waals surface area contributed by atoms with E-state index < -0.39 is 23.8 Å². The van der Waals surface area contributed by atoms with E-state index in [1.807, 2.05) is 0 Å². The van der Waals surface area contributed by atoms with Crippen LogP contribution in [0.1, 0.15) is 6.42 Å². The molecule has 0 aromatic heterocycles. The van der Waals surface area contributed by atoms with Crippen molar-refractivity contribution in [1.29, 1.82) is 0 Å². The average Bonchev–Trinajstić information content (AvgIpc) is 2.47. The van der Waals surface area contributed by atoms with Crippen LogP contribution < -0.4 is 0 Å². The second-order valence-corrected chi connectivity index (χ2v) is 5.41. The standard InChI is InChI=1S/C13H20N2O6/c16-11(15-3-5-21-6-4-15)8-14-2-1-9(12(17)18)10(7-14)13(19)20/h9-10H,1-8H2,(H,17,18)(H,19,20). The molecular formula is C13H20N2O6. The Hall–Kier alpha value is -1.67. The first-order chi connectivity index (χ1) is 9.99. The molecule has 2 rings (SSSR count). The van der Waals surface area contributed by atoms with E-state index >= 15 is 0 Å². The van der Waals surface area contributed by atoms with Crippen LogP contribution in [0.3, 0.4) is 0 Å². The number of carboxylic acids is 2. The van der Waals surface area contributed by atoms with Crippen molar-refractivity contribution >= 4 is 17.8 Å². The van der Waals surface area contributed by atoms with Crippen molar-refractivity contribution in [1.82, 2.24) is 9.80 Å². The minimum Gasteiger partial charge on any atom is -0.481 e. The number of carbonyl (C=O) groups excluding carboxylic acids is 1. The minimum atomic E-state index is -1.12. The number of morpholine rings is 1. The Morgan fingerprint density at radius 1 is 1.00 bits per heavy atom. The highest BCUT2D eigenvalue weighted by molar-refractivity contribution is 5.81. The summed E-state index contributed by atoms with van der Waals surface area (Å²) >= 11 is 0. The Labute approximate surface area is 122 Å². The number of amides is 1. The molecule has 2 heterocycles. The molecule has 2 aliphatic rings. The summed E-state index contributed by atoms with van der Waals surface area (Å²) in [6.07, 6.45) is 0.253. The van der Waals surface area contributed by atoms with Crippen molar-refractivity contribution in [2.75, 3.05) is 45.9 Å². The Balaban J connectivity index is 1.91. The molecule has 0 aromatic rings. The van der Waals surface area contributed by atoms with Crippen molar-refractivity contribution in [3.63, 3.8) is 0 Å². The lowest BCUT2D eigenvalue weighted by atomic mass is 9.85. The first-order valence-corrected chi connectivity index (χ1v) is 7.02. The van der Waals surface area contributed by atoms with E-state index in [0.29, 0.717) is 32.8 Å². The lowest BCUT2D eigenvalue weighted by molar-refractivity contribution is -0.157. The maximum atomic E-state index is 12.1. The summed E-state index contributed by atoms with van der Waals surface area (Å²) in [6.45, 7) is 2.80. The summed E-state index contributed by atoms with van der Waals surface area (Å²) in [7, 11) is 0. The largest absolute Gasteiger partial charge is 0.481 e. The summed E-state index contributed by atoms with van der Waals surface area (Å²) < 4.78 is 5.18. The van der Waals surface area contributed by atoms with Crippen molar-refractivity contribution in [3.8, 4) is 0 Å². The van der Waals surface area contributed by atoms with Gasteiger partial charge in [-0.2, -0.15) is 0 Å². The SMILES string of the molecule is O=C(O)C1CCN(CC(=O)N2CCOCC2)CC1C(=O)O. The molecule has 0 aromatic carbocycles. The van der Waals surface area contributed by atoms with E-state index in [-0.39, 0.29) is 25.4 Å². The number of carboxylic acid groups (broad SMARTS) is 2. The van der Waals surface area contributed by atoms with Crippen LogP contribution in [-0.4, -0.2) is 83.8 Å². The average molecular weight is 300 g/mol. The van der Waals surface area contributed by atoms with Gasteiger partial charge in [-0.3, -0.25) is 19.3 Å². The summed E-state index contributed by atoms with van der Waals surface area (Å²) in [5, 5.41) is 18.2. The smallest absolute Gasteiger partial charge is 0.308 e. The molecule has 1 amide bonds. The van der Waals surface area contributed by atoms with E-state index in [1.54, 1.807) is 9.80 Å². The van der Waals surface area contributed by atoms with Crippen LogP contribution in [0.4, 0.5) is 0 Å². The predicted octanol–water partition coefficient (Wildman–Crippen LogP) is -1.05. The van der Waals surface area contributed by atoms with Gasteiger partial charge < -0.3 is 19.8 Å². The van der Waals surface area contributed by atoms with Crippen molar-refractivity contribution < 1.29 is 29.3 Å². The molecule has 2 N–H and O–H groups in total. The predicted molar refractivity (Wildman–Crippen MR) is 70.7 cm³/mol. The number of hydrogen-bond donors (Lipinski definition) is 2. The molecule has 2 aliphatic heterocycles. The van der Waals surface area contributed by atoms with Crippen LogP contribution in [0.15, 0.2) is 0 Å². The Morgan fingerprint density at radius 3 is 2.19 bits per heavy atom. The molecular weight excluding hydrogens is 280 g/mol. The molecule has 118 valence electrons. The monoisotopic (exact) mass is 300 g/mol. The number of likely N-dealkylation sites (tertiary alicyclic amines) is 1. The third kappa shape index (κ3) is 3.92. The molecule has 2 fully saturated rings. The number of rotatable bonds is 4. The molecule has 0 spiro atoms. The number of carbonyl (C=O) groups is 3. The lowest BCUT2D eigenvalue weighted by Crippen LogP contribution is -2.51. The Kier molecular flexibility index (Phi) is 5.13. The van der Waals surface area contributed by atoms with Crippen molar-refractivity contribution in [2.24, 2.45) is 11.8 Å². The van der Waals surface area contributed by atoms with Gasteiger partial charge in [-0.15, -0.1) is 0 Å². The van der Waals surface area contributed by atoms with Crippen LogP contribution in [-0.2, 0) is 19.1 Å². The topological polar surface area (TPSA) is 107 Å². The first kappa shape index (κ1) is 15.7. The number of aliphatic carboxylic acids is 2. The summed E-state index contributed by atoms with van der Waals surface area (Å²) in [5.41, 5.74) is 0. The van der Waals surface area contributed by atoms with Gasteiger partial charge in [-0.05, 0) is 13.0 Å². The lowest BCUT2D eigenvalue weighted by Gasteiger charge is -2.35. The molecule has 2 saturated heterocycles. The quantitative estimate of drug-likeness (QED) is 0.682. The maximum absolute atomic E-state index is 12.1. The van der Waals surface area contributed by atoms with E-state index in [0.717, 1.165) is 0 Å². The van der Waals surface area contributed by atoms with Gasteiger partial charge in [0.1, 0.15) is 0 Å². The van der Waals surface area contributed by atoms with Gasteiger partial charge in [0.05, 0.1) is 31.6 Å². The fourth-order valence-electron chi connectivity index (χ4n) is 2.81. The summed E-state index contributed by atoms with van der Waals surface area (Å²) in [4.78, 5) is 37.8. The van der Waals surface area contributed by atoms with Gasteiger partial charge in [0.2, 0.25) is 5.91 Å². The van der Waals surface area contributed by atoms with Gasteiger partial charge >= 0.3 is 11.9 Å². The minimum absolute atomic E-state index is 0.0591. The summed E-state index contributed by atoms with van der Waals surface area (Å²) in [6, 6.07) is 0. The van der Waals surface area contributed by atoms with Gasteiger partial charge in [0.25, 0.3) is 0 Å². The summed E-state index contributed by atoms with van der Waals surface area (Å²) in [5.74, 6) is -4.10. The highest BCUT2D eigenvalue weighted by atomic mass is 16.5. The molecule has 21 heavy (non-hydrogen) atoms. The number of ether oxygens (including phenoxy) is 1. The van der Waals surface area contributed by atoms with Crippen molar-refractivity contribution in [2.45, 2.75) is 6.42 Å². The van der Waals surface area contributed by atoms with E-state index in [9.17, 15) is 14.4 Å². The molecule has 0 aliphatic carbocycles. The Morgan fingerprint density at radius 2 is 1.62 bits per heavy atom. The van der Waals surface area contributed by atoms with Gasteiger partial charge in [0, 0.05) is 19.6 Å². The van der Waals surface area contributed by atoms with Crippen molar-refractivity contribution in [3.05, 3.63) is 0 Å². The third-order valence-corrected chi connectivity index (χ3v) is 4.05. The molecule has 2 atom stereocenters. The second-order valence-electron chi connectivity index (χ2n) is 5.41. The number of nitrogens with zero attached hydrogens (tertiary/aromatic N) is 2. The normalized spacial score (nSPS) is 27.3. The second kappa shape index (κ2) is 6.86. The van der Waals surface area contributed by atoms with Gasteiger partial charge in [-0.25, -0.2) is 0 Å². The van der Waals surface area contributed by atoms with Crippen LogP contribution in [0, 0.1) is 11.8 Å².